The molecule has 3 heterocycles. The van der Waals surface area contributed by atoms with Crippen LogP contribution < -0.4 is 4.90 Å². The number of aryl methyl sites for hydroxylation is 2. The molecule has 0 fully saturated rings. The molecule has 0 aliphatic carbocycles. The summed E-state index contributed by atoms with van der Waals surface area (Å²) in [6.45, 7) is 2.33. The molecule has 0 N–H and O–H groups in total. The number of fused-ring (bicyclic) bond motifs is 1. The van der Waals surface area contributed by atoms with Gasteiger partial charge in [-0.05, 0) is 42.8 Å². The van der Waals surface area contributed by atoms with Crippen LogP contribution in [0.25, 0.3) is 10.8 Å². The van der Waals surface area contributed by atoms with E-state index in [1.807, 2.05) is 23.6 Å². The van der Waals surface area contributed by atoms with E-state index in [2.05, 4.69) is 4.98 Å². The van der Waals surface area contributed by atoms with Crippen LogP contribution >= 0.6 is 11.3 Å². The first kappa shape index (κ1) is 16.0. The molecular formula is C19H17FN2O2S. The summed E-state index contributed by atoms with van der Waals surface area (Å²) in [4.78, 5) is 19.8. The average molecular weight is 356 g/mol. The number of carbonyl (C=O) groups is 1. The number of benzene rings is 1. The highest BCUT2D eigenvalue weighted by Crippen LogP contribution is 2.31. The molecule has 0 radical (unpaired) electrons. The molecule has 0 spiro atoms. The van der Waals surface area contributed by atoms with Gasteiger partial charge in [-0.15, -0.1) is 11.3 Å². The highest BCUT2D eigenvalue weighted by Gasteiger charge is 2.27. The lowest BCUT2D eigenvalue weighted by Gasteiger charge is -2.29. The lowest BCUT2D eigenvalue weighted by molar-refractivity contribution is -0.118. The van der Waals surface area contributed by atoms with Gasteiger partial charge in [0.15, 0.2) is 0 Å². The maximum absolute atomic E-state index is 14.3. The molecule has 1 aromatic carbocycles. The van der Waals surface area contributed by atoms with Crippen LogP contribution in [0.4, 0.5) is 10.1 Å². The van der Waals surface area contributed by atoms with E-state index in [-0.39, 0.29) is 18.1 Å². The quantitative estimate of drug-likeness (QED) is 0.700. The van der Waals surface area contributed by atoms with Gasteiger partial charge in [-0.1, -0.05) is 18.2 Å². The van der Waals surface area contributed by atoms with Crippen LogP contribution in [0.2, 0.25) is 0 Å². The monoisotopic (exact) mass is 356 g/mol. The number of nitrogens with zero attached hydrogens (tertiary/aromatic N) is 2. The fraction of sp³-hybridized carbons (Fsp3) is 0.263. The van der Waals surface area contributed by atoms with Crippen molar-refractivity contribution in [1.29, 1.82) is 0 Å². The second-order valence-electron chi connectivity index (χ2n) is 6.07. The minimum Gasteiger partial charge on any atom is -0.440 e. The number of hydrogen-bond acceptors (Lipinski definition) is 4. The Kier molecular flexibility index (Phi) is 4.13. The molecule has 0 saturated carbocycles. The summed E-state index contributed by atoms with van der Waals surface area (Å²) in [5, 5.41) is 1.95. The van der Waals surface area contributed by atoms with Gasteiger partial charge in [0, 0.05) is 6.54 Å². The van der Waals surface area contributed by atoms with E-state index < -0.39 is 0 Å². The minimum atomic E-state index is -0.346. The topological polar surface area (TPSA) is 46.3 Å². The number of aromatic nitrogens is 1. The van der Waals surface area contributed by atoms with E-state index >= 15 is 0 Å². The number of thiophene rings is 1. The zero-order valence-electron chi connectivity index (χ0n) is 13.8. The third-order valence-corrected chi connectivity index (χ3v) is 5.27. The van der Waals surface area contributed by atoms with Gasteiger partial charge in [0.2, 0.25) is 11.8 Å². The van der Waals surface area contributed by atoms with Crippen LogP contribution in [0.3, 0.4) is 0 Å². The Hall–Kier alpha value is -2.47. The number of amides is 1. The van der Waals surface area contributed by atoms with Crippen molar-refractivity contribution in [3.8, 4) is 10.8 Å². The van der Waals surface area contributed by atoms with Crippen LogP contribution in [0.5, 0.6) is 0 Å². The van der Waals surface area contributed by atoms with E-state index in [0.29, 0.717) is 29.6 Å². The molecule has 6 heteroatoms. The van der Waals surface area contributed by atoms with Gasteiger partial charge in [0.05, 0.1) is 22.7 Å². The normalized spacial score (nSPS) is 13.8. The van der Waals surface area contributed by atoms with Crippen molar-refractivity contribution >= 4 is 22.9 Å². The molecule has 1 amide bonds. The number of halogens is 1. The van der Waals surface area contributed by atoms with E-state index in [9.17, 15) is 9.18 Å². The Bertz CT molecular complexity index is 918. The van der Waals surface area contributed by atoms with E-state index in [0.717, 1.165) is 23.3 Å². The number of oxazole rings is 1. The Balaban J connectivity index is 1.60. The van der Waals surface area contributed by atoms with Gasteiger partial charge in [0.1, 0.15) is 11.6 Å². The standard InChI is InChI=1S/C19H17FN2O2S/c1-12-15(21-19(24-12)16-8-4-10-25-16)11-17(23)22-9-3-6-13-5-2-7-14(20)18(13)22/h2,4-5,7-8,10H,3,6,9,11H2,1H3. The summed E-state index contributed by atoms with van der Waals surface area (Å²) >= 11 is 1.54. The molecule has 2 aromatic heterocycles. The van der Waals surface area contributed by atoms with Crippen molar-refractivity contribution in [3.63, 3.8) is 0 Å². The zero-order chi connectivity index (χ0) is 17.4. The average Bonchev–Trinajstić information content (AvgIpc) is 3.25. The van der Waals surface area contributed by atoms with Gasteiger partial charge in [0.25, 0.3) is 0 Å². The highest BCUT2D eigenvalue weighted by molar-refractivity contribution is 7.13. The predicted octanol–water partition coefficient (Wildman–Crippen LogP) is 4.37. The Morgan fingerprint density at radius 2 is 2.24 bits per heavy atom. The fourth-order valence-electron chi connectivity index (χ4n) is 3.19. The summed E-state index contributed by atoms with van der Waals surface area (Å²) < 4.78 is 20.0. The van der Waals surface area contributed by atoms with Crippen molar-refractivity contribution in [2.75, 3.05) is 11.4 Å². The number of rotatable bonds is 3. The maximum atomic E-state index is 14.3. The summed E-state index contributed by atoms with van der Waals surface area (Å²) in [6.07, 6.45) is 1.73. The molecular weight excluding hydrogens is 339 g/mol. The smallest absolute Gasteiger partial charge is 0.236 e. The largest absolute Gasteiger partial charge is 0.440 e. The molecule has 3 aromatic rings. The van der Waals surface area contributed by atoms with Gasteiger partial charge in [-0.3, -0.25) is 4.79 Å². The zero-order valence-corrected chi connectivity index (χ0v) is 14.6. The SMILES string of the molecule is Cc1oc(-c2cccs2)nc1CC(=O)N1CCCc2cccc(F)c21. The highest BCUT2D eigenvalue weighted by atomic mass is 32.1. The Labute approximate surface area is 148 Å². The van der Waals surface area contributed by atoms with Crippen LogP contribution in [0.1, 0.15) is 23.4 Å². The number of anilines is 1. The lowest BCUT2D eigenvalue weighted by Crippen LogP contribution is -2.37. The van der Waals surface area contributed by atoms with Crippen molar-refractivity contribution in [2.24, 2.45) is 0 Å². The van der Waals surface area contributed by atoms with Gasteiger partial charge >= 0.3 is 0 Å². The first-order chi connectivity index (χ1) is 12.1. The van der Waals surface area contributed by atoms with Gasteiger partial charge in [-0.25, -0.2) is 9.37 Å². The van der Waals surface area contributed by atoms with Crippen LogP contribution in [-0.2, 0) is 17.6 Å². The molecule has 25 heavy (non-hydrogen) atoms. The summed E-state index contributed by atoms with van der Waals surface area (Å²) in [6, 6.07) is 8.83. The maximum Gasteiger partial charge on any atom is 0.236 e. The third-order valence-electron chi connectivity index (χ3n) is 4.41. The van der Waals surface area contributed by atoms with Crippen LogP contribution in [0, 0.1) is 12.7 Å². The molecule has 0 bridgehead atoms. The molecule has 0 unspecified atom stereocenters. The molecule has 0 saturated heterocycles. The molecule has 1 aliphatic heterocycles. The molecule has 128 valence electrons. The minimum absolute atomic E-state index is 0.106. The summed E-state index contributed by atoms with van der Waals surface area (Å²) in [5.74, 6) is 0.657. The summed E-state index contributed by atoms with van der Waals surface area (Å²) in [5.41, 5.74) is 1.91. The Morgan fingerprint density at radius 3 is 3.04 bits per heavy atom. The first-order valence-corrected chi connectivity index (χ1v) is 9.09. The van der Waals surface area contributed by atoms with Crippen LogP contribution in [-0.4, -0.2) is 17.4 Å². The number of hydrogen-bond donors (Lipinski definition) is 0. The first-order valence-electron chi connectivity index (χ1n) is 8.21. The summed E-state index contributed by atoms with van der Waals surface area (Å²) in [7, 11) is 0. The van der Waals surface area contributed by atoms with Gasteiger partial charge < -0.3 is 9.32 Å². The van der Waals surface area contributed by atoms with E-state index in [1.165, 1.54) is 17.4 Å². The Morgan fingerprint density at radius 1 is 1.36 bits per heavy atom. The van der Waals surface area contributed by atoms with Crippen LogP contribution in [0.15, 0.2) is 40.1 Å². The van der Waals surface area contributed by atoms with Crippen molar-refractivity contribution in [3.05, 3.63) is 58.5 Å². The lowest BCUT2D eigenvalue weighted by atomic mass is 10.0. The second kappa shape index (κ2) is 6.44. The third kappa shape index (κ3) is 2.98. The fourth-order valence-corrected chi connectivity index (χ4v) is 3.84. The second-order valence-corrected chi connectivity index (χ2v) is 7.02. The molecule has 1 aliphatic rings. The van der Waals surface area contributed by atoms with Crippen molar-refractivity contribution < 1.29 is 13.6 Å². The number of para-hydroxylation sites is 1. The van der Waals surface area contributed by atoms with Crippen molar-refractivity contribution in [2.45, 2.75) is 26.2 Å². The van der Waals surface area contributed by atoms with Crippen molar-refractivity contribution in [1.82, 2.24) is 4.98 Å². The predicted molar refractivity (Wildman–Crippen MR) is 95.3 cm³/mol. The van der Waals surface area contributed by atoms with Gasteiger partial charge in [-0.2, -0.15) is 0 Å². The molecule has 4 rings (SSSR count). The van der Waals surface area contributed by atoms with E-state index in [1.54, 1.807) is 17.9 Å². The van der Waals surface area contributed by atoms with E-state index in [4.69, 9.17) is 4.42 Å². The number of carbonyl (C=O) groups excluding carboxylic acids is 1. The molecule has 4 nitrogen and oxygen atoms in total. The molecule has 0 atom stereocenters.